The van der Waals surface area contributed by atoms with Crippen LogP contribution in [0, 0.1) is 13.8 Å². The second kappa shape index (κ2) is 4.91. The first-order valence-electron chi connectivity index (χ1n) is 5.58. The fourth-order valence-electron chi connectivity index (χ4n) is 1.78. The van der Waals surface area contributed by atoms with Crippen LogP contribution < -0.4 is 0 Å². The molecule has 0 aliphatic heterocycles. The van der Waals surface area contributed by atoms with Gasteiger partial charge in [-0.3, -0.25) is 4.79 Å². The molecule has 0 radical (unpaired) electrons. The monoisotopic (exact) mass is 242 g/mol. The van der Waals surface area contributed by atoms with Gasteiger partial charge in [-0.05, 0) is 41.5 Å². The Morgan fingerprint density at radius 2 is 2.11 bits per heavy atom. The second-order valence-electron chi connectivity index (χ2n) is 4.20. The summed E-state index contributed by atoms with van der Waals surface area (Å²) in [6.45, 7) is 4.05. The van der Waals surface area contributed by atoms with E-state index < -0.39 is 0 Å². The topological polar surface area (TPSA) is 60.7 Å². The smallest absolute Gasteiger partial charge is 0.185 e. The first-order chi connectivity index (χ1) is 8.61. The molecule has 1 heterocycles. The molecule has 1 aromatic carbocycles. The molecule has 0 saturated carbocycles. The summed E-state index contributed by atoms with van der Waals surface area (Å²) in [6, 6.07) is 6.07. The Morgan fingerprint density at radius 3 is 2.67 bits per heavy atom. The van der Waals surface area contributed by atoms with Crippen molar-refractivity contribution < 1.29 is 4.79 Å². The SMILES string of the molecule is Cc1ccc(C=C(C=O)c2nnnn2C)c(C)c1. The molecule has 5 heteroatoms. The number of hydrogen-bond donors (Lipinski definition) is 0. The number of aromatic nitrogens is 4. The minimum Gasteiger partial charge on any atom is -0.298 e. The fraction of sp³-hybridized carbons (Fsp3) is 0.231. The van der Waals surface area contributed by atoms with E-state index in [1.54, 1.807) is 13.1 Å². The average molecular weight is 242 g/mol. The maximum atomic E-state index is 11.2. The van der Waals surface area contributed by atoms with Crippen molar-refractivity contribution in [2.75, 3.05) is 0 Å². The Balaban J connectivity index is 2.47. The van der Waals surface area contributed by atoms with E-state index in [1.165, 1.54) is 10.2 Å². The second-order valence-corrected chi connectivity index (χ2v) is 4.20. The summed E-state index contributed by atoms with van der Waals surface area (Å²) in [7, 11) is 1.70. The van der Waals surface area contributed by atoms with E-state index in [9.17, 15) is 4.79 Å². The molecule has 0 atom stereocenters. The predicted molar refractivity (Wildman–Crippen MR) is 68.6 cm³/mol. The van der Waals surface area contributed by atoms with Crippen molar-refractivity contribution >= 4 is 17.9 Å². The van der Waals surface area contributed by atoms with Gasteiger partial charge in [0.2, 0.25) is 0 Å². The lowest BCUT2D eigenvalue weighted by atomic mass is 10.0. The van der Waals surface area contributed by atoms with Gasteiger partial charge in [0.15, 0.2) is 12.1 Å². The van der Waals surface area contributed by atoms with Gasteiger partial charge in [-0.25, -0.2) is 4.68 Å². The first-order valence-corrected chi connectivity index (χ1v) is 5.58. The Kier molecular flexibility index (Phi) is 3.32. The third-order valence-corrected chi connectivity index (χ3v) is 2.74. The molecule has 2 rings (SSSR count). The van der Waals surface area contributed by atoms with Gasteiger partial charge in [-0.15, -0.1) is 5.10 Å². The Morgan fingerprint density at radius 1 is 1.33 bits per heavy atom. The largest absolute Gasteiger partial charge is 0.298 e. The molecule has 2 aromatic rings. The van der Waals surface area contributed by atoms with Crippen LogP contribution in [0.5, 0.6) is 0 Å². The van der Waals surface area contributed by atoms with Crippen molar-refractivity contribution in [2.45, 2.75) is 13.8 Å². The van der Waals surface area contributed by atoms with Crippen molar-refractivity contribution in [3.05, 3.63) is 40.7 Å². The van der Waals surface area contributed by atoms with Crippen molar-refractivity contribution in [3.63, 3.8) is 0 Å². The van der Waals surface area contributed by atoms with Gasteiger partial charge in [-0.2, -0.15) is 0 Å². The molecule has 18 heavy (non-hydrogen) atoms. The number of aldehydes is 1. The van der Waals surface area contributed by atoms with Gasteiger partial charge >= 0.3 is 0 Å². The lowest BCUT2D eigenvalue weighted by molar-refractivity contribution is -0.103. The summed E-state index contributed by atoms with van der Waals surface area (Å²) in [5, 5.41) is 11.1. The van der Waals surface area contributed by atoms with Crippen LogP contribution in [0.15, 0.2) is 18.2 Å². The van der Waals surface area contributed by atoms with Gasteiger partial charge in [0.05, 0.1) is 5.57 Å². The molecule has 0 aliphatic carbocycles. The van der Waals surface area contributed by atoms with Gasteiger partial charge in [0.25, 0.3) is 0 Å². The van der Waals surface area contributed by atoms with E-state index in [0.717, 1.165) is 17.4 Å². The summed E-state index contributed by atoms with van der Waals surface area (Å²) in [5.74, 6) is 0.463. The summed E-state index contributed by atoms with van der Waals surface area (Å²) >= 11 is 0. The zero-order valence-electron chi connectivity index (χ0n) is 10.6. The highest BCUT2D eigenvalue weighted by molar-refractivity contribution is 6.12. The number of rotatable bonds is 3. The molecule has 92 valence electrons. The van der Waals surface area contributed by atoms with E-state index in [2.05, 4.69) is 21.6 Å². The zero-order chi connectivity index (χ0) is 13.1. The molecule has 0 fully saturated rings. The average Bonchev–Trinajstić information content (AvgIpc) is 2.75. The van der Waals surface area contributed by atoms with Gasteiger partial charge in [-0.1, -0.05) is 23.8 Å². The fourth-order valence-corrected chi connectivity index (χ4v) is 1.78. The highest BCUT2D eigenvalue weighted by Gasteiger charge is 2.09. The number of hydrogen-bond acceptors (Lipinski definition) is 4. The number of nitrogens with zero attached hydrogens (tertiary/aromatic N) is 4. The Labute approximate surface area is 105 Å². The molecule has 1 aromatic heterocycles. The van der Waals surface area contributed by atoms with E-state index in [0.29, 0.717) is 11.4 Å². The highest BCUT2D eigenvalue weighted by Crippen LogP contribution is 2.17. The summed E-state index contributed by atoms with van der Waals surface area (Å²) in [4.78, 5) is 11.2. The lowest BCUT2D eigenvalue weighted by Crippen LogP contribution is -2.00. The van der Waals surface area contributed by atoms with E-state index in [1.807, 2.05) is 26.0 Å². The van der Waals surface area contributed by atoms with Crippen molar-refractivity contribution in [3.8, 4) is 0 Å². The van der Waals surface area contributed by atoms with Crippen LogP contribution in [0.1, 0.15) is 22.5 Å². The van der Waals surface area contributed by atoms with Crippen LogP contribution in [0.25, 0.3) is 11.6 Å². The van der Waals surface area contributed by atoms with Gasteiger partial charge in [0.1, 0.15) is 0 Å². The molecule has 0 amide bonds. The molecule has 0 bridgehead atoms. The standard InChI is InChI=1S/C13H14N4O/c1-9-4-5-11(10(2)6-9)7-12(8-18)13-14-15-16-17(13)3/h4-8H,1-3H3. The van der Waals surface area contributed by atoms with Crippen LogP contribution in [-0.4, -0.2) is 26.5 Å². The number of aryl methyl sites for hydroxylation is 3. The minimum absolute atomic E-state index is 0.463. The Bertz CT molecular complexity index is 613. The number of benzene rings is 1. The molecular formula is C13H14N4O. The number of carbonyl (C=O) groups excluding carboxylic acids is 1. The number of tetrazole rings is 1. The molecule has 0 N–H and O–H groups in total. The molecule has 0 unspecified atom stereocenters. The maximum Gasteiger partial charge on any atom is 0.185 e. The van der Waals surface area contributed by atoms with Crippen LogP contribution >= 0.6 is 0 Å². The van der Waals surface area contributed by atoms with E-state index in [4.69, 9.17) is 0 Å². The van der Waals surface area contributed by atoms with Gasteiger partial charge < -0.3 is 0 Å². The van der Waals surface area contributed by atoms with Crippen LogP contribution in [0.2, 0.25) is 0 Å². The quantitative estimate of drug-likeness (QED) is 0.605. The van der Waals surface area contributed by atoms with Gasteiger partial charge in [0, 0.05) is 7.05 Å². The maximum absolute atomic E-state index is 11.2. The van der Waals surface area contributed by atoms with Crippen molar-refractivity contribution in [2.24, 2.45) is 7.05 Å². The van der Waals surface area contributed by atoms with Crippen LogP contribution in [0.3, 0.4) is 0 Å². The third-order valence-electron chi connectivity index (χ3n) is 2.74. The predicted octanol–water partition coefficient (Wildman–Crippen LogP) is 1.57. The molecule has 5 nitrogen and oxygen atoms in total. The minimum atomic E-state index is 0.463. The highest BCUT2D eigenvalue weighted by atomic mass is 16.1. The van der Waals surface area contributed by atoms with E-state index >= 15 is 0 Å². The Hall–Kier alpha value is -2.30. The first kappa shape index (κ1) is 12.2. The molecule has 0 spiro atoms. The molecule has 0 aliphatic rings. The summed E-state index contributed by atoms with van der Waals surface area (Å²) in [5.41, 5.74) is 3.77. The number of carbonyl (C=O) groups is 1. The zero-order valence-corrected chi connectivity index (χ0v) is 10.6. The lowest BCUT2D eigenvalue weighted by Gasteiger charge is -2.03. The number of allylic oxidation sites excluding steroid dienone is 1. The molecular weight excluding hydrogens is 228 g/mol. The van der Waals surface area contributed by atoms with E-state index in [-0.39, 0.29) is 0 Å². The molecule has 0 saturated heterocycles. The summed E-state index contributed by atoms with van der Waals surface area (Å²) in [6.07, 6.45) is 2.57. The van der Waals surface area contributed by atoms with Crippen molar-refractivity contribution in [1.82, 2.24) is 20.2 Å². The van der Waals surface area contributed by atoms with Crippen LogP contribution in [0.4, 0.5) is 0 Å². The third kappa shape index (κ3) is 2.34. The normalized spacial score (nSPS) is 11.6. The summed E-state index contributed by atoms with van der Waals surface area (Å²) < 4.78 is 1.48. The van der Waals surface area contributed by atoms with Crippen LogP contribution in [-0.2, 0) is 11.8 Å². The van der Waals surface area contributed by atoms with Crippen molar-refractivity contribution in [1.29, 1.82) is 0 Å².